The standard InChI is InChI=1S/C23H30FN5O5/c1-28(15-7-3-4-8-15)23(32)33-13-19-17(11-26-29(19)2)18-12-25-21(20(24)27-18)34-16-9-5-6-14(10-16)22(30)31/h11-12,14-16H,3-10,13H2,1-2H3,(H,30,31)/t14-,16?/m0/s1. The van der Waals surface area contributed by atoms with Crippen LogP contribution >= 0.6 is 0 Å². The van der Waals surface area contributed by atoms with Crippen LogP contribution in [0, 0.1) is 11.9 Å². The van der Waals surface area contributed by atoms with Crippen molar-refractivity contribution in [2.45, 2.75) is 70.1 Å². The maximum atomic E-state index is 14.7. The largest absolute Gasteiger partial charge is 0.481 e. The summed E-state index contributed by atoms with van der Waals surface area (Å²) in [7, 11) is 3.45. The van der Waals surface area contributed by atoms with Crippen LogP contribution in [0.1, 0.15) is 57.1 Å². The molecule has 2 fully saturated rings. The quantitative estimate of drug-likeness (QED) is 0.646. The molecule has 0 spiro atoms. The maximum Gasteiger partial charge on any atom is 0.410 e. The van der Waals surface area contributed by atoms with Crippen LogP contribution in [0.5, 0.6) is 5.88 Å². The number of aryl methyl sites for hydroxylation is 1. The first-order valence-corrected chi connectivity index (χ1v) is 11.7. The van der Waals surface area contributed by atoms with Crippen LogP contribution < -0.4 is 4.74 Å². The summed E-state index contributed by atoms with van der Waals surface area (Å²) in [6.45, 7) is -0.0398. The third-order valence-electron chi connectivity index (χ3n) is 6.78. The van der Waals surface area contributed by atoms with E-state index in [-0.39, 0.29) is 24.2 Å². The topological polar surface area (TPSA) is 120 Å². The number of ether oxygens (including phenoxy) is 2. The van der Waals surface area contributed by atoms with Gasteiger partial charge >= 0.3 is 12.1 Å². The van der Waals surface area contributed by atoms with E-state index < -0.39 is 30.0 Å². The second-order valence-corrected chi connectivity index (χ2v) is 9.03. The number of nitrogens with zero attached hydrogens (tertiary/aromatic N) is 5. The van der Waals surface area contributed by atoms with Crippen LogP contribution in [-0.2, 0) is 23.2 Å². The molecule has 2 aliphatic carbocycles. The average Bonchev–Trinajstić information content (AvgIpc) is 3.48. The minimum Gasteiger partial charge on any atom is -0.481 e. The Hall–Kier alpha value is -3.24. The molecule has 1 N–H and O–H groups in total. The number of hydrogen-bond acceptors (Lipinski definition) is 7. The predicted molar refractivity (Wildman–Crippen MR) is 118 cm³/mol. The van der Waals surface area contributed by atoms with E-state index in [1.165, 1.54) is 12.4 Å². The number of amides is 1. The van der Waals surface area contributed by atoms with Crippen molar-refractivity contribution in [3.05, 3.63) is 24.0 Å². The Kier molecular flexibility index (Phi) is 7.28. The van der Waals surface area contributed by atoms with E-state index in [1.54, 1.807) is 23.7 Å². The van der Waals surface area contributed by atoms with Gasteiger partial charge in [0.2, 0.25) is 0 Å². The number of carboxylic acids is 1. The molecule has 34 heavy (non-hydrogen) atoms. The summed E-state index contributed by atoms with van der Waals surface area (Å²) in [6.07, 6.45) is 8.48. The summed E-state index contributed by atoms with van der Waals surface area (Å²) in [4.78, 5) is 33.4. The van der Waals surface area contributed by atoms with Crippen LogP contribution in [0.2, 0.25) is 0 Å². The number of rotatable bonds is 7. The molecule has 184 valence electrons. The number of aliphatic carboxylic acids is 1. The molecule has 0 aromatic carbocycles. The fourth-order valence-electron chi connectivity index (χ4n) is 4.72. The van der Waals surface area contributed by atoms with Crippen molar-refractivity contribution in [2.75, 3.05) is 7.05 Å². The highest BCUT2D eigenvalue weighted by Crippen LogP contribution is 2.30. The minimum atomic E-state index is -0.886. The van der Waals surface area contributed by atoms with Crippen molar-refractivity contribution in [1.29, 1.82) is 0 Å². The normalized spacial score (nSPS) is 20.8. The first-order valence-electron chi connectivity index (χ1n) is 11.7. The zero-order valence-corrected chi connectivity index (χ0v) is 19.4. The lowest BCUT2D eigenvalue weighted by Gasteiger charge is -2.26. The Labute approximate surface area is 197 Å². The molecule has 2 aromatic heterocycles. The number of carbonyl (C=O) groups excluding carboxylic acids is 1. The molecule has 2 heterocycles. The zero-order valence-electron chi connectivity index (χ0n) is 19.4. The van der Waals surface area contributed by atoms with Crippen molar-refractivity contribution >= 4 is 12.1 Å². The molecular weight excluding hydrogens is 445 g/mol. The van der Waals surface area contributed by atoms with Crippen molar-refractivity contribution in [3.63, 3.8) is 0 Å². The van der Waals surface area contributed by atoms with Gasteiger partial charge in [-0.15, -0.1) is 0 Å². The third-order valence-corrected chi connectivity index (χ3v) is 6.78. The fourth-order valence-corrected chi connectivity index (χ4v) is 4.72. The molecule has 2 aromatic rings. The minimum absolute atomic E-state index is 0.0398. The highest BCUT2D eigenvalue weighted by Gasteiger charge is 2.29. The lowest BCUT2D eigenvalue weighted by molar-refractivity contribution is -0.143. The van der Waals surface area contributed by atoms with Gasteiger partial charge in [-0.05, 0) is 38.5 Å². The Bertz CT molecular complexity index is 1040. The summed E-state index contributed by atoms with van der Waals surface area (Å²) < 4.78 is 27.4. The Morgan fingerprint density at radius 1 is 1.21 bits per heavy atom. The predicted octanol–water partition coefficient (Wildman–Crippen LogP) is 3.55. The van der Waals surface area contributed by atoms with Gasteiger partial charge in [-0.1, -0.05) is 12.8 Å². The van der Waals surface area contributed by atoms with Crippen LogP contribution in [0.4, 0.5) is 9.18 Å². The van der Waals surface area contributed by atoms with Gasteiger partial charge in [0.15, 0.2) is 0 Å². The van der Waals surface area contributed by atoms with E-state index in [1.807, 2.05) is 0 Å². The molecule has 2 saturated carbocycles. The number of carbonyl (C=O) groups is 2. The average molecular weight is 476 g/mol. The smallest absolute Gasteiger partial charge is 0.410 e. The van der Waals surface area contributed by atoms with Gasteiger partial charge < -0.3 is 19.5 Å². The van der Waals surface area contributed by atoms with Crippen molar-refractivity contribution in [1.82, 2.24) is 24.6 Å². The molecule has 0 saturated heterocycles. The van der Waals surface area contributed by atoms with Gasteiger partial charge in [-0.25, -0.2) is 14.8 Å². The van der Waals surface area contributed by atoms with Gasteiger partial charge in [0, 0.05) is 25.7 Å². The molecule has 4 rings (SSSR count). The number of carboxylic acid groups (broad SMARTS) is 1. The van der Waals surface area contributed by atoms with Crippen LogP contribution in [0.25, 0.3) is 11.3 Å². The molecule has 2 aliphatic rings. The lowest BCUT2D eigenvalue weighted by atomic mass is 9.87. The second kappa shape index (κ2) is 10.4. The molecule has 10 nitrogen and oxygen atoms in total. The Morgan fingerprint density at radius 3 is 2.68 bits per heavy atom. The third kappa shape index (κ3) is 5.28. The highest BCUT2D eigenvalue weighted by atomic mass is 19.1. The maximum absolute atomic E-state index is 14.7. The van der Waals surface area contributed by atoms with Crippen molar-refractivity contribution < 1.29 is 28.6 Å². The van der Waals surface area contributed by atoms with Gasteiger partial charge in [0.1, 0.15) is 12.7 Å². The van der Waals surface area contributed by atoms with E-state index >= 15 is 0 Å². The summed E-state index contributed by atoms with van der Waals surface area (Å²) in [6, 6.07) is 0.195. The van der Waals surface area contributed by atoms with E-state index in [4.69, 9.17) is 9.47 Å². The number of aromatic nitrogens is 4. The van der Waals surface area contributed by atoms with Gasteiger partial charge in [0.25, 0.3) is 11.8 Å². The molecule has 0 radical (unpaired) electrons. The van der Waals surface area contributed by atoms with Crippen LogP contribution in [0.15, 0.2) is 12.4 Å². The van der Waals surface area contributed by atoms with Crippen molar-refractivity contribution in [3.8, 4) is 17.1 Å². The Morgan fingerprint density at radius 2 is 1.97 bits per heavy atom. The van der Waals surface area contributed by atoms with Gasteiger partial charge in [0.05, 0.1) is 29.7 Å². The van der Waals surface area contributed by atoms with Crippen LogP contribution in [-0.4, -0.2) is 61.0 Å². The van der Waals surface area contributed by atoms with E-state index in [2.05, 4.69) is 15.1 Å². The van der Waals surface area contributed by atoms with E-state index in [0.29, 0.717) is 36.9 Å². The summed E-state index contributed by atoms with van der Waals surface area (Å²) in [5.41, 5.74) is 1.30. The molecule has 1 amide bonds. The van der Waals surface area contributed by atoms with Crippen LogP contribution in [0.3, 0.4) is 0 Å². The Balaban J connectivity index is 1.43. The molecule has 0 aliphatic heterocycles. The number of hydrogen-bond donors (Lipinski definition) is 1. The summed E-state index contributed by atoms with van der Waals surface area (Å²) in [5.74, 6) is -2.51. The molecule has 0 bridgehead atoms. The fraction of sp³-hybridized carbons (Fsp3) is 0.609. The first kappa shape index (κ1) is 23.9. The second-order valence-electron chi connectivity index (χ2n) is 9.03. The van der Waals surface area contributed by atoms with Crippen molar-refractivity contribution in [2.24, 2.45) is 13.0 Å². The molecule has 11 heteroatoms. The highest BCUT2D eigenvalue weighted by molar-refractivity contribution is 5.70. The zero-order chi connectivity index (χ0) is 24.2. The molecular formula is C23H30FN5O5. The van der Waals surface area contributed by atoms with E-state index in [9.17, 15) is 19.1 Å². The monoisotopic (exact) mass is 475 g/mol. The van der Waals surface area contributed by atoms with Gasteiger partial charge in [-0.3, -0.25) is 9.48 Å². The van der Waals surface area contributed by atoms with Gasteiger partial charge in [-0.2, -0.15) is 9.49 Å². The first-order chi connectivity index (χ1) is 16.3. The molecule has 2 atom stereocenters. The van der Waals surface area contributed by atoms with E-state index in [0.717, 1.165) is 25.7 Å². The number of halogens is 1. The SMILES string of the molecule is CN(C(=O)OCc1c(-c2cnc(OC3CCC[C@H](C(=O)O)C3)c(F)n2)cnn1C)C1CCCC1. The molecule has 1 unspecified atom stereocenters. The summed E-state index contributed by atoms with van der Waals surface area (Å²) in [5, 5.41) is 13.4. The lowest BCUT2D eigenvalue weighted by Crippen LogP contribution is -2.35. The summed E-state index contributed by atoms with van der Waals surface area (Å²) >= 11 is 0.